The zero-order valence-electron chi connectivity index (χ0n) is 49.4. The molecule has 0 aromatic carbocycles. The molecule has 0 aliphatic rings. The molecule has 0 rings (SSSR count). The number of carbonyl (C=O) groups excluding carboxylic acids is 1. The van der Waals surface area contributed by atoms with Gasteiger partial charge in [0.2, 0.25) is 5.91 Å². The topological polar surface area (TPSA) is 108 Å². The van der Waals surface area contributed by atoms with Crippen LogP contribution >= 0.6 is 7.82 Å². The van der Waals surface area contributed by atoms with Gasteiger partial charge in [-0.3, -0.25) is 9.36 Å². The molecule has 0 bridgehead atoms. The predicted molar refractivity (Wildman–Crippen MR) is 329 cm³/mol. The molecule has 0 aromatic heterocycles. The van der Waals surface area contributed by atoms with E-state index in [4.69, 9.17) is 9.05 Å². The van der Waals surface area contributed by atoms with E-state index in [2.05, 4.69) is 141 Å². The Morgan fingerprint density at radius 1 is 0.474 bits per heavy atom. The molecule has 0 heterocycles. The van der Waals surface area contributed by atoms with Crippen LogP contribution in [0.1, 0.15) is 232 Å². The van der Waals surface area contributed by atoms with E-state index in [0.29, 0.717) is 17.4 Å². The van der Waals surface area contributed by atoms with Crippen molar-refractivity contribution in [2.45, 2.75) is 244 Å². The number of phosphoric acid groups is 1. The van der Waals surface area contributed by atoms with E-state index in [1.54, 1.807) is 6.08 Å². The van der Waals surface area contributed by atoms with Gasteiger partial charge in [-0.25, -0.2) is 0 Å². The molecule has 8 nitrogen and oxygen atoms in total. The average Bonchev–Trinajstić information content (AvgIpc) is 3.38. The minimum Gasteiger partial charge on any atom is -0.756 e. The fourth-order valence-corrected chi connectivity index (χ4v) is 8.84. The third kappa shape index (κ3) is 58.3. The maximum absolute atomic E-state index is 13.0. The molecule has 0 aliphatic carbocycles. The van der Waals surface area contributed by atoms with Gasteiger partial charge in [0.15, 0.2) is 0 Å². The lowest BCUT2D eigenvalue weighted by atomic mass is 10.0. The van der Waals surface area contributed by atoms with E-state index in [9.17, 15) is 19.4 Å². The number of nitrogens with one attached hydrogen (secondary N) is 1. The second-order valence-corrected chi connectivity index (χ2v) is 22.7. The van der Waals surface area contributed by atoms with Gasteiger partial charge in [0.05, 0.1) is 39.9 Å². The van der Waals surface area contributed by atoms with Gasteiger partial charge in [-0.05, 0) is 96.3 Å². The molecular formula is C67H115N2O6P. The Labute approximate surface area is 468 Å². The number of unbranched alkanes of at least 4 members (excludes halogenated alkanes) is 21. The van der Waals surface area contributed by atoms with Crippen LogP contribution in [-0.4, -0.2) is 68.5 Å². The number of aliphatic hydroxyl groups excluding tert-OH is 1. The van der Waals surface area contributed by atoms with Crippen molar-refractivity contribution in [3.8, 4) is 0 Å². The van der Waals surface area contributed by atoms with Crippen LogP contribution in [0.3, 0.4) is 0 Å². The van der Waals surface area contributed by atoms with Gasteiger partial charge in [0, 0.05) is 6.42 Å². The van der Waals surface area contributed by atoms with Crippen molar-refractivity contribution >= 4 is 13.7 Å². The molecule has 0 radical (unpaired) electrons. The van der Waals surface area contributed by atoms with Gasteiger partial charge in [0.25, 0.3) is 7.82 Å². The Balaban J connectivity index is 4.22. The van der Waals surface area contributed by atoms with Crippen molar-refractivity contribution in [2.75, 3.05) is 40.9 Å². The molecule has 9 heteroatoms. The number of phosphoric ester groups is 1. The number of hydrogen-bond acceptors (Lipinski definition) is 6. The Kier molecular flexibility index (Phi) is 53.9. The highest BCUT2D eigenvalue weighted by Gasteiger charge is 2.23. The lowest BCUT2D eigenvalue weighted by Crippen LogP contribution is -2.45. The van der Waals surface area contributed by atoms with Crippen LogP contribution in [0, 0.1) is 0 Å². The molecular weight excluding hydrogens is 960 g/mol. The van der Waals surface area contributed by atoms with E-state index in [1.165, 1.54) is 83.5 Å². The van der Waals surface area contributed by atoms with Gasteiger partial charge in [0.1, 0.15) is 13.2 Å². The molecule has 0 spiro atoms. The minimum absolute atomic E-state index is 0.0108. The standard InChI is InChI=1S/C67H115N2O6P/c1-6-8-10-12-14-16-18-20-22-24-25-26-27-28-29-30-31-32-33-34-35-36-37-38-39-40-41-42-43-45-47-49-51-53-55-57-59-61-67(71)68-65(64-75-76(72,73)74-63-62-69(3,4)5)66(70)60-58-56-54-52-50-48-46-44-23-21-19-17-15-13-11-9-7-2/h8,10,14,16,20,22,25-26,28-29,31-32,34-35,37-38,40-41,43,45,58,60,65-66,70H,6-7,9,11-13,15,17-19,21,23-24,27,30,33,36,39,42,44,46-57,59,61-64H2,1-5H3,(H-,68,71,72,73)/b10-8-,16-14-,22-20-,26-25-,29-28-,32-31-,35-34-,38-37-,41-40-,45-43-,60-58+. The van der Waals surface area contributed by atoms with E-state index in [0.717, 1.165) is 128 Å². The van der Waals surface area contributed by atoms with Crippen LogP contribution in [0.15, 0.2) is 134 Å². The first-order valence-electron chi connectivity index (χ1n) is 30.5. The van der Waals surface area contributed by atoms with Crippen molar-refractivity contribution in [1.82, 2.24) is 5.32 Å². The fraction of sp³-hybridized carbons (Fsp3) is 0.657. The number of likely N-dealkylation sites (N-methyl/N-ethyl adjacent to an activating group) is 1. The summed E-state index contributed by atoms with van der Waals surface area (Å²) in [6, 6.07) is -0.905. The molecule has 1 amide bonds. The van der Waals surface area contributed by atoms with Gasteiger partial charge >= 0.3 is 0 Å². The molecule has 3 unspecified atom stereocenters. The van der Waals surface area contributed by atoms with Crippen molar-refractivity contribution in [2.24, 2.45) is 0 Å². The van der Waals surface area contributed by atoms with E-state index in [-0.39, 0.29) is 12.5 Å². The van der Waals surface area contributed by atoms with Crippen LogP contribution in [0.5, 0.6) is 0 Å². The number of amides is 1. The Bertz CT molecular complexity index is 1700. The highest BCUT2D eigenvalue weighted by Crippen LogP contribution is 2.38. The third-order valence-electron chi connectivity index (χ3n) is 12.9. The van der Waals surface area contributed by atoms with Crippen LogP contribution in [-0.2, 0) is 18.4 Å². The lowest BCUT2D eigenvalue weighted by Gasteiger charge is -2.29. The van der Waals surface area contributed by atoms with E-state index < -0.39 is 26.6 Å². The van der Waals surface area contributed by atoms with E-state index >= 15 is 0 Å². The normalized spacial score (nSPS) is 14.8. The smallest absolute Gasteiger partial charge is 0.268 e. The molecule has 0 aromatic rings. The third-order valence-corrected chi connectivity index (χ3v) is 13.8. The lowest BCUT2D eigenvalue weighted by molar-refractivity contribution is -0.870. The highest BCUT2D eigenvalue weighted by atomic mass is 31.2. The minimum atomic E-state index is -4.61. The molecule has 0 fully saturated rings. The summed E-state index contributed by atoms with van der Waals surface area (Å²) in [4.78, 5) is 25.5. The number of allylic oxidation sites excluding steroid dienone is 21. The van der Waals surface area contributed by atoms with Crippen molar-refractivity contribution in [3.63, 3.8) is 0 Å². The first-order chi connectivity index (χ1) is 37.0. The SMILES string of the molecule is CC/C=C\C/C=C\C/C=C\C/C=C\C/C=C\C/C=C\C/C=C\C/C=C\C/C=C\C/C=C\CCCCCCCCC(=O)NC(COP(=O)([O-])OCC[N+](C)(C)C)C(O)/C=C/CCCCCCCCCCCCCCCCC. The van der Waals surface area contributed by atoms with Crippen molar-refractivity contribution in [3.05, 3.63) is 134 Å². The number of aliphatic hydroxyl groups is 1. The van der Waals surface area contributed by atoms with Crippen LogP contribution in [0.4, 0.5) is 0 Å². The summed E-state index contributed by atoms with van der Waals surface area (Å²) in [6.45, 7) is 4.52. The first-order valence-corrected chi connectivity index (χ1v) is 32.0. The summed E-state index contributed by atoms with van der Waals surface area (Å²) < 4.78 is 23.3. The maximum Gasteiger partial charge on any atom is 0.268 e. The van der Waals surface area contributed by atoms with E-state index in [1.807, 2.05) is 27.2 Å². The zero-order chi connectivity index (χ0) is 55.6. The molecule has 0 saturated heterocycles. The molecule has 0 saturated carbocycles. The maximum atomic E-state index is 13.0. The van der Waals surface area contributed by atoms with Gasteiger partial charge < -0.3 is 28.8 Å². The number of hydrogen-bond donors (Lipinski definition) is 2. The van der Waals surface area contributed by atoms with Crippen LogP contribution in [0.25, 0.3) is 0 Å². The highest BCUT2D eigenvalue weighted by molar-refractivity contribution is 7.45. The zero-order valence-corrected chi connectivity index (χ0v) is 50.3. The molecule has 3 atom stereocenters. The Hall–Kier alpha value is -3.36. The quantitative estimate of drug-likeness (QED) is 0.0272. The summed E-state index contributed by atoms with van der Waals surface area (Å²) in [6.07, 6.45) is 85.3. The van der Waals surface area contributed by atoms with Crippen molar-refractivity contribution < 1.29 is 32.9 Å². The summed E-state index contributed by atoms with van der Waals surface area (Å²) in [5, 5.41) is 13.9. The van der Waals surface area contributed by atoms with Crippen LogP contribution in [0.2, 0.25) is 0 Å². The number of nitrogens with zero attached hydrogens (tertiary/aromatic N) is 1. The predicted octanol–water partition coefficient (Wildman–Crippen LogP) is 18.5. The summed E-state index contributed by atoms with van der Waals surface area (Å²) in [5.74, 6) is -0.217. The fourth-order valence-electron chi connectivity index (χ4n) is 8.12. The summed E-state index contributed by atoms with van der Waals surface area (Å²) in [5.41, 5.74) is 0. The van der Waals surface area contributed by atoms with Gasteiger partial charge in [-0.1, -0.05) is 263 Å². The monoisotopic (exact) mass is 1070 g/mol. The van der Waals surface area contributed by atoms with Crippen LogP contribution < -0.4 is 10.2 Å². The average molecular weight is 1080 g/mol. The van der Waals surface area contributed by atoms with Gasteiger partial charge in [-0.2, -0.15) is 0 Å². The Morgan fingerprint density at radius 2 is 0.803 bits per heavy atom. The Morgan fingerprint density at radius 3 is 1.17 bits per heavy atom. The second kappa shape index (κ2) is 56.4. The van der Waals surface area contributed by atoms with Gasteiger partial charge in [-0.15, -0.1) is 0 Å². The molecule has 0 aliphatic heterocycles. The summed E-state index contributed by atoms with van der Waals surface area (Å²) >= 11 is 0. The molecule has 76 heavy (non-hydrogen) atoms. The number of carbonyl (C=O) groups is 1. The van der Waals surface area contributed by atoms with Crippen molar-refractivity contribution in [1.29, 1.82) is 0 Å². The number of rotatable bonds is 54. The first kappa shape index (κ1) is 72.6. The molecule has 2 N–H and O–H groups in total. The number of quaternary nitrogens is 1. The summed E-state index contributed by atoms with van der Waals surface area (Å²) in [7, 11) is 1.23. The second-order valence-electron chi connectivity index (χ2n) is 21.3. The molecule has 434 valence electrons. The largest absolute Gasteiger partial charge is 0.756 e.